The van der Waals surface area contributed by atoms with E-state index in [2.05, 4.69) is 26.0 Å². The summed E-state index contributed by atoms with van der Waals surface area (Å²) in [7, 11) is 1.80. The van der Waals surface area contributed by atoms with Gasteiger partial charge in [-0.15, -0.1) is 0 Å². The highest BCUT2D eigenvalue weighted by Crippen LogP contribution is 2.25. The Labute approximate surface area is 63.1 Å². The summed E-state index contributed by atoms with van der Waals surface area (Å²) in [6.45, 7) is 4.49. The zero-order chi connectivity index (χ0) is 7.56. The van der Waals surface area contributed by atoms with E-state index in [9.17, 15) is 0 Å². The first-order valence-corrected chi connectivity index (χ1v) is 3.95. The molecule has 0 fully saturated rings. The number of hydrogen-bond acceptors (Lipinski definition) is 1. The molecule has 0 spiro atoms. The largest absolute Gasteiger partial charge is 0.381 e. The van der Waals surface area contributed by atoms with Crippen LogP contribution in [-0.4, -0.2) is 13.2 Å². The molecule has 10 heavy (non-hydrogen) atoms. The van der Waals surface area contributed by atoms with Gasteiger partial charge in [-0.05, 0) is 18.3 Å². The van der Waals surface area contributed by atoms with E-state index >= 15 is 0 Å². The van der Waals surface area contributed by atoms with Gasteiger partial charge in [0.25, 0.3) is 0 Å². The van der Waals surface area contributed by atoms with Crippen molar-refractivity contribution < 1.29 is 4.74 Å². The third-order valence-electron chi connectivity index (χ3n) is 2.53. The summed E-state index contributed by atoms with van der Waals surface area (Å²) in [6, 6.07) is 0. The maximum atomic E-state index is 5.32. The topological polar surface area (TPSA) is 9.23 Å². The zero-order valence-corrected chi connectivity index (χ0v) is 7.00. The van der Waals surface area contributed by atoms with Gasteiger partial charge in [-0.3, -0.25) is 0 Å². The molecule has 0 aromatic carbocycles. The molecule has 0 N–H and O–H groups in total. The second-order valence-corrected chi connectivity index (χ2v) is 3.16. The van der Waals surface area contributed by atoms with Crippen LogP contribution in [-0.2, 0) is 4.74 Å². The van der Waals surface area contributed by atoms with Gasteiger partial charge in [0.15, 0.2) is 0 Å². The monoisotopic (exact) mass is 140 g/mol. The lowest BCUT2D eigenvalue weighted by atomic mass is 9.84. The van der Waals surface area contributed by atoms with Crippen LogP contribution in [0.2, 0.25) is 0 Å². The minimum Gasteiger partial charge on any atom is -0.381 e. The van der Waals surface area contributed by atoms with E-state index in [1.807, 2.05) is 0 Å². The highest BCUT2D eigenvalue weighted by atomic mass is 16.5. The first-order chi connectivity index (χ1) is 4.75. The molecule has 1 aliphatic carbocycles. The van der Waals surface area contributed by atoms with Gasteiger partial charge in [-0.2, -0.15) is 0 Å². The fourth-order valence-electron chi connectivity index (χ4n) is 1.47. The van der Waals surface area contributed by atoms with Crippen molar-refractivity contribution in [3.8, 4) is 0 Å². The van der Waals surface area contributed by atoms with E-state index in [1.165, 1.54) is 0 Å². The molecule has 0 unspecified atom stereocenters. The standard InChI is InChI=1S/C9H16O/c1-7-5-4-6-9(10-3)8(7)2/h4-5,7-9H,6H2,1-3H3/t7-,8+,9-/m0/s1. The van der Waals surface area contributed by atoms with Gasteiger partial charge in [-0.1, -0.05) is 26.0 Å². The third-order valence-corrected chi connectivity index (χ3v) is 2.53. The van der Waals surface area contributed by atoms with Crippen LogP contribution in [0.5, 0.6) is 0 Å². The van der Waals surface area contributed by atoms with Crippen molar-refractivity contribution in [2.75, 3.05) is 7.11 Å². The first-order valence-electron chi connectivity index (χ1n) is 3.95. The fraction of sp³-hybridized carbons (Fsp3) is 0.778. The Morgan fingerprint density at radius 3 is 2.60 bits per heavy atom. The van der Waals surface area contributed by atoms with Crippen molar-refractivity contribution in [2.24, 2.45) is 11.8 Å². The van der Waals surface area contributed by atoms with Gasteiger partial charge in [-0.25, -0.2) is 0 Å². The second-order valence-electron chi connectivity index (χ2n) is 3.16. The zero-order valence-electron chi connectivity index (χ0n) is 7.00. The average molecular weight is 140 g/mol. The predicted octanol–water partition coefficient (Wildman–Crippen LogP) is 2.23. The van der Waals surface area contributed by atoms with Crippen LogP contribution in [0.3, 0.4) is 0 Å². The Hall–Kier alpha value is -0.300. The van der Waals surface area contributed by atoms with Gasteiger partial charge >= 0.3 is 0 Å². The molecule has 0 radical (unpaired) electrons. The molecule has 0 saturated carbocycles. The average Bonchev–Trinajstić information content (AvgIpc) is 1.95. The van der Waals surface area contributed by atoms with E-state index in [1.54, 1.807) is 7.11 Å². The Kier molecular flexibility index (Phi) is 2.50. The fourth-order valence-corrected chi connectivity index (χ4v) is 1.47. The van der Waals surface area contributed by atoms with Crippen molar-refractivity contribution in [2.45, 2.75) is 26.4 Å². The molecular weight excluding hydrogens is 124 g/mol. The molecule has 1 nitrogen and oxygen atoms in total. The maximum absolute atomic E-state index is 5.32. The Bertz CT molecular complexity index is 129. The Balaban J connectivity index is 2.56. The Morgan fingerprint density at radius 2 is 2.10 bits per heavy atom. The predicted molar refractivity (Wildman–Crippen MR) is 42.9 cm³/mol. The number of methoxy groups -OCH3 is 1. The molecular formula is C9H16O. The minimum absolute atomic E-state index is 0.444. The van der Waals surface area contributed by atoms with Gasteiger partial charge in [0.1, 0.15) is 0 Å². The molecule has 1 rings (SSSR count). The molecule has 1 aliphatic rings. The smallest absolute Gasteiger partial charge is 0.0636 e. The maximum Gasteiger partial charge on any atom is 0.0636 e. The second kappa shape index (κ2) is 3.20. The Morgan fingerprint density at radius 1 is 1.40 bits per heavy atom. The molecule has 0 aliphatic heterocycles. The highest BCUT2D eigenvalue weighted by Gasteiger charge is 2.22. The molecule has 3 atom stereocenters. The summed E-state index contributed by atoms with van der Waals surface area (Å²) in [4.78, 5) is 0. The minimum atomic E-state index is 0.444. The van der Waals surface area contributed by atoms with Crippen LogP contribution >= 0.6 is 0 Å². The van der Waals surface area contributed by atoms with Crippen molar-refractivity contribution in [3.63, 3.8) is 0 Å². The van der Waals surface area contributed by atoms with Crippen LogP contribution in [0.4, 0.5) is 0 Å². The number of ether oxygens (including phenoxy) is 1. The SMILES string of the molecule is CO[C@H]1CC=C[C@H](C)[C@H]1C. The first kappa shape index (κ1) is 7.80. The lowest BCUT2D eigenvalue weighted by Gasteiger charge is -2.28. The molecule has 0 amide bonds. The highest BCUT2D eigenvalue weighted by molar-refractivity contribution is 4.98. The quantitative estimate of drug-likeness (QED) is 0.507. The summed E-state index contributed by atoms with van der Waals surface area (Å²) >= 11 is 0. The summed E-state index contributed by atoms with van der Waals surface area (Å²) < 4.78 is 5.32. The van der Waals surface area contributed by atoms with E-state index in [0.29, 0.717) is 17.9 Å². The van der Waals surface area contributed by atoms with Crippen LogP contribution in [0.25, 0.3) is 0 Å². The number of rotatable bonds is 1. The van der Waals surface area contributed by atoms with E-state index in [4.69, 9.17) is 4.74 Å². The molecule has 0 bridgehead atoms. The van der Waals surface area contributed by atoms with Gasteiger partial charge < -0.3 is 4.74 Å². The number of allylic oxidation sites excluding steroid dienone is 1. The summed E-state index contributed by atoms with van der Waals surface area (Å²) in [6.07, 6.45) is 6.03. The molecule has 0 aromatic heterocycles. The van der Waals surface area contributed by atoms with Crippen molar-refractivity contribution in [1.29, 1.82) is 0 Å². The summed E-state index contributed by atoms with van der Waals surface area (Å²) in [5, 5.41) is 0. The summed E-state index contributed by atoms with van der Waals surface area (Å²) in [5.41, 5.74) is 0. The number of hydrogen-bond donors (Lipinski definition) is 0. The van der Waals surface area contributed by atoms with Crippen LogP contribution in [0.15, 0.2) is 12.2 Å². The molecule has 0 saturated heterocycles. The van der Waals surface area contributed by atoms with Gasteiger partial charge in [0.05, 0.1) is 6.10 Å². The third kappa shape index (κ3) is 1.40. The van der Waals surface area contributed by atoms with Crippen molar-refractivity contribution >= 4 is 0 Å². The molecule has 0 aromatic rings. The normalized spacial score (nSPS) is 40.1. The van der Waals surface area contributed by atoms with Crippen LogP contribution in [0, 0.1) is 11.8 Å². The van der Waals surface area contributed by atoms with Crippen LogP contribution < -0.4 is 0 Å². The van der Waals surface area contributed by atoms with Crippen LogP contribution in [0.1, 0.15) is 20.3 Å². The lowest BCUT2D eigenvalue weighted by molar-refractivity contribution is 0.0426. The van der Waals surface area contributed by atoms with Gasteiger partial charge in [0, 0.05) is 7.11 Å². The van der Waals surface area contributed by atoms with Crippen molar-refractivity contribution in [1.82, 2.24) is 0 Å². The lowest BCUT2D eigenvalue weighted by Crippen LogP contribution is -2.27. The van der Waals surface area contributed by atoms with E-state index < -0.39 is 0 Å². The van der Waals surface area contributed by atoms with E-state index in [-0.39, 0.29) is 0 Å². The molecule has 58 valence electrons. The van der Waals surface area contributed by atoms with E-state index in [0.717, 1.165) is 6.42 Å². The van der Waals surface area contributed by atoms with Crippen molar-refractivity contribution in [3.05, 3.63) is 12.2 Å². The summed E-state index contributed by atoms with van der Waals surface area (Å²) in [5.74, 6) is 1.36. The molecule has 1 heteroatoms. The van der Waals surface area contributed by atoms with Gasteiger partial charge in [0.2, 0.25) is 0 Å². The molecule has 0 heterocycles.